The first kappa shape index (κ1) is 21.2. The summed E-state index contributed by atoms with van der Waals surface area (Å²) in [5, 5.41) is 0.877. The summed E-state index contributed by atoms with van der Waals surface area (Å²) < 4.78 is 44.4. The lowest BCUT2D eigenvalue weighted by Crippen LogP contribution is -2.55. The summed E-state index contributed by atoms with van der Waals surface area (Å²) in [6.07, 6.45) is 1.65. The standard InChI is InChI=1S/C22H22FN3O4S/c1-16-14-25(31(28,29)19-9-7-18(8-10-19)30-15-23)12-13-26(16)22(27)20-6-2-4-17-5-3-11-24-21(17)20/h2-11,16H,12-15H2,1H3. The van der Waals surface area contributed by atoms with E-state index >= 15 is 0 Å². The van der Waals surface area contributed by atoms with Crippen LogP contribution in [0.25, 0.3) is 10.9 Å². The third-order valence-electron chi connectivity index (χ3n) is 5.40. The molecule has 0 spiro atoms. The van der Waals surface area contributed by atoms with E-state index in [2.05, 4.69) is 4.98 Å². The van der Waals surface area contributed by atoms with Gasteiger partial charge in [-0.2, -0.15) is 4.31 Å². The first-order chi connectivity index (χ1) is 14.9. The lowest BCUT2D eigenvalue weighted by atomic mass is 10.1. The molecule has 2 aromatic carbocycles. The van der Waals surface area contributed by atoms with Crippen LogP contribution in [0.15, 0.2) is 65.7 Å². The number of carbonyl (C=O) groups excluding carboxylic acids is 1. The van der Waals surface area contributed by atoms with Crippen molar-refractivity contribution in [3.8, 4) is 5.75 Å². The molecule has 1 unspecified atom stereocenters. The molecule has 0 radical (unpaired) electrons. The number of aromatic nitrogens is 1. The molecule has 1 aromatic heterocycles. The van der Waals surface area contributed by atoms with Gasteiger partial charge < -0.3 is 9.64 Å². The number of benzene rings is 2. The minimum atomic E-state index is -3.74. The molecule has 4 rings (SSSR count). The van der Waals surface area contributed by atoms with Gasteiger partial charge in [-0.15, -0.1) is 0 Å². The fourth-order valence-electron chi connectivity index (χ4n) is 3.80. The molecule has 1 fully saturated rings. The van der Waals surface area contributed by atoms with Crippen LogP contribution in [0, 0.1) is 0 Å². The van der Waals surface area contributed by atoms with Crippen LogP contribution in [0.3, 0.4) is 0 Å². The molecule has 1 atom stereocenters. The van der Waals surface area contributed by atoms with E-state index in [1.165, 1.54) is 28.6 Å². The van der Waals surface area contributed by atoms with E-state index in [0.717, 1.165) is 5.39 Å². The molecule has 1 aliphatic heterocycles. The first-order valence-electron chi connectivity index (χ1n) is 9.85. The molecule has 162 valence electrons. The molecule has 7 nitrogen and oxygen atoms in total. The monoisotopic (exact) mass is 443 g/mol. The second-order valence-electron chi connectivity index (χ2n) is 7.32. The van der Waals surface area contributed by atoms with Crippen molar-refractivity contribution in [1.29, 1.82) is 0 Å². The predicted molar refractivity (Wildman–Crippen MR) is 114 cm³/mol. The molecule has 0 bridgehead atoms. The third kappa shape index (κ3) is 4.11. The maximum absolute atomic E-state index is 13.2. The highest BCUT2D eigenvalue weighted by atomic mass is 32.2. The van der Waals surface area contributed by atoms with Crippen LogP contribution >= 0.6 is 0 Å². The first-order valence-corrected chi connectivity index (χ1v) is 11.3. The van der Waals surface area contributed by atoms with E-state index in [9.17, 15) is 17.6 Å². The quantitative estimate of drug-likeness (QED) is 0.606. The number of halogens is 1. The number of nitrogens with zero attached hydrogens (tertiary/aromatic N) is 3. The van der Waals surface area contributed by atoms with Crippen molar-refractivity contribution in [3.05, 3.63) is 66.4 Å². The van der Waals surface area contributed by atoms with E-state index in [1.54, 1.807) is 17.2 Å². The van der Waals surface area contributed by atoms with Gasteiger partial charge in [-0.1, -0.05) is 18.2 Å². The maximum Gasteiger partial charge on any atom is 0.256 e. The Bertz CT molecular complexity index is 1200. The van der Waals surface area contributed by atoms with Crippen LogP contribution in [0.5, 0.6) is 5.75 Å². The summed E-state index contributed by atoms with van der Waals surface area (Å²) >= 11 is 0. The van der Waals surface area contributed by atoms with Gasteiger partial charge in [0.2, 0.25) is 16.9 Å². The van der Waals surface area contributed by atoms with Crippen molar-refractivity contribution in [1.82, 2.24) is 14.2 Å². The van der Waals surface area contributed by atoms with Crippen LogP contribution in [0.4, 0.5) is 4.39 Å². The Morgan fingerprint density at radius 3 is 2.58 bits per heavy atom. The van der Waals surface area contributed by atoms with Gasteiger partial charge in [-0.3, -0.25) is 9.78 Å². The molecule has 2 heterocycles. The zero-order chi connectivity index (χ0) is 22.0. The minimum Gasteiger partial charge on any atom is -0.463 e. The van der Waals surface area contributed by atoms with Crippen LogP contribution < -0.4 is 4.74 Å². The number of amides is 1. The number of sulfonamides is 1. The molecular formula is C22H22FN3O4S. The fourth-order valence-corrected chi connectivity index (χ4v) is 5.31. The Kier molecular flexibility index (Phi) is 5.88. The number of ether oxygens (including phenoxy) is 1. The highest BCUT2D eigenvalue weighted by Gasteiger charge is 2.35. The summed E-state index contributed by atoms with van der Waals surface area (Å²) in [6.45, 7) is 1.47. The Hall–Kier alpha value is -3.04. The topological polar surface area (TPSA) is 79.8 Å². The molecule has 1 saturated heterocycles. The number of hydrogen-bond donors (Lipinski definition) is 0. The van der Waals surface area contributed by atoms with Crippen LogP contribution in [-0.4, -0.2) is 61.1 Å². The Morgan fingerprint density at radius 1 is 1.13 bits per heavy atom. The average molecular weight is 444 g/mol. The largest absolute Gasteiger partial charge is 0.463 e. The Balaban J connectivity index is 1.52. The van der Waals surface area contributed by atoms with Gasteiger partial charge >= 0.3 is 0 Å². The second kappa shape index (κ2) is 8.60. The molecule has 1 aliphatic rings. The van der Waals surface area contributed by atoms with E-state index < -0.39 is 16.9 Å². The molecule has 1 amide bonds. The summed E-state index contributed by atoms with van der Waals surface area (Å²) in [6, 6.07) is 14.5. The van der Waals surface area contributed by atoms with Crippen molar-refractivity contribution >= 4 is 26.8 Å². The van der Waals surface area contributed by atoms with Crippen molar-refractivity contribution in [3.63, 3.8) is 0 Å². The maximum atomic E-state index is 13.2. The van der Waals surface area contributed by atoms with E-state index in [4.69, 9.17) is 4.74 Å². The van der Waals surface area contributed by atoms with E-state index in [-0.39, 0.29) is 42.2 Å². The minimum absolute atomic E-state index is 0.101. The molecule has 3 aromatic rings. The molecular weight excluding hydrogens is 421 g/mol. The molecule has 0 aliphatic carbocycles. The molecule has 31 heavy (non-hydrogen) atoms. The molecule has 9 heteroatoms. The molecule has 0 saturated carbocycles. The molecule has 0 N–H and O–H groups in total. The Labute approximate surface area is 180 Å². The SMILES string of the molecule is CC1CN(S(=O)(=O)c2ccc(OCF)cc2)CCN1C(=O)c1cccc2cccnc12. The van der Waals surface area contributed by atoms with Gasteiger partial charge in [0.05, 0.1) is 16.0 Å². The second-order valence-corrected chi connectivity index (χ2v) is 9.25. The van der Waals surface area contributed by atoms with Gasteiger partial charge in [0.25, 0.3) is 5.91 Å². The zero-order valence-corrected chi connectivity index (χ0v) is 17.8. The number of pyridine rings is 1. The summed E-state index contributed by atoms with van der Waals surface area (Å²) in [4.78, 5) is 19.4. The number of alkyl halides is 1. The van der Waals surface area contributed by atoms with Crippen molar-refractivity contribution in [2.45, 2.75) is 17.9 Å². The number of para-hydroxylation sites is 1. The fraction of sp³-hybridized carbons (Fsp3) is 0.273. The smallest absolute Gasteiger partial charge is 0.256 e. The predicted octanol–water partition coefficient (Wildman–Crippen LogP) is 3.08. The number of carbonyl (C=O) groups is 1. The van der Waals surface area contributed by atoms with Gasteiger partial charge in [0.15, 0.2) is 0 Å². The van der Waals surface area contributed by atoms with Crippen LogP contribution in [0.1, 0.15) is 17.3 Å². The summed E-state index contributed by atoms with van der Waals surface area (Å²) in [7, 11) is -3.74. The number of rotatable bonds is 5. The number of hydrogen-bond acceptors (Lipinski definition) is 5. The van der Waals surface area contributed by atoms with Gasteiger partial charge in [0.1, 0.15) is 5.75 Å². The summed E-state index contributed by atoms with van der Waals surface area (Å²) in [5.41, 5.74) is 1.14. The van der Waals surface area contributed by atoms with Crippen LogP contribution in [-0.2, 0) is 10.0 Å². The normalized spacial score (nSPS) is 17.6. The van der Waals surface area contributed by atoms with Crippen molar-refractivity contribution < 1.29 is 22.3 Å². The number of fused-ring (bicyclic) bond motifs is 1. The van der Waals surface area contributed by atoms with E-state index in [0.29, 0.717) is 11.1 Å². The summed E-state index contributed by atoms with van der Waals surface area (Å²) in [5.74, 6) is 0.0931. The Morgan fingerprint density at radius 2 is 1.87 bits per heavy atom. The lowest BCUT2D eigenvalue weighted by Gasteiger charge is -2.39. The van der Waals surface area contributed by atoms with Gasteiger partial charge in [0, 0.05) is 37.3 Å². The van der Waals surface area contributed by atoms with Crippen LogP contribution in [0.2, 0.25) is 0 Å². The van der Waals surface area contributed by atoms with Gasteiger partial charge in [-0.25, -0.2) is 12.8 Å². The highest BCUT2D eigenvalue weighted by Crippen LogP contribution is 2.25. The van der Waals surface area contributed by atoms with Gasteiger partial charge in [-0.05, 0) is 43.3 Å². The third-order valence-corrected chi connectivity index (χ3v) is 7.28. The number of piperazine rings is 1. The van der Waals surface area contributed by atoms with Crippen molar-refractivity contribution in [2.24, 2.45) is 0 Å². The average Bonchev–Trinajstić information content (AvgIpc) is 2.79. The van der Waals surface area contributed by atoms with E-state index in [1.807, 2.05) is 31.2 Å². The lowest BCUT2D eigenvalue weighted by molar-refractivity contribution is 0.0593. The zero-order valence-electron chi connectivity index (χ0n) is 16.9. The highest BCUT2D eigenvalue weighted by molar-refractivity contribution is 7.89. The van der Waals surface area contributed by atoms with Crippen molar-refractivity contribution in [2.75, 3.05) is 26.5 Å².